The number of sulfonamides is 1. The van der Waals surface area contributed by atoms with E-state index in [1.807, 2.05) is 0 Å². The summed E-state index contributed by atoms with van der Waals surface area (Å²) in [7, 11) is -3.92. The van der Waals surface area contributed by atoms with Gasteiger partial charge in [-0.25, -0.2) is 8.42 Å². The van der Waals surface area contributed by atoms with Gasteiger partial charge in [0.25, 0.3) is 5.69 Å². The Balaban J connectivity index is 3.26. The Morgan fingerprint density at radius 3 is 2.60 bits per heavy atom. The summed E-state index contributed by atoms with van der Waals surface area (Å²) in [5.41, 5.74) is -0.341. The minimum atomic E-state index is -3.92. The molecule has 7 nitrogen and oxygen atoms in total. The number of aliphatic hydroxyl groups is 1. The molecule has 0 radical (unpaired) electrons. The molecule has 0 spiro atoms. The molecular formula is C11H15ClN2O5S. The van der Waals surface area contributed by atoms with E-state index in [4.69, 9.17) is 16.7 Å². The summed E-state index contributed by atoms with van der Waals surface area (Å²) in [6, 6.07) is 3.27. The standard InChI is InChI=1S/C11H15ClN2O5S/c1-2-13(6-3-7-15)20(18,19)11-8-9(14(16)17)4-5-10(11)12/h4-5,8,15H,2-3,6-7H2,1H3. The van der Waals surface area contributed by atoms with E-state index in [2.05, 4.69) is 0 Å². The summed E-state index contributed by atoms with van der Waals surface area (Å²) in [5, 5.41) is 19.4. The molecule has 1 rings (SSSR count). The predicted octanol–water partition coefficient (Wildman–Crippen LogP) is 1.64. The van der Waals surface area contributed by atoms with Crippen molar-refractivity contribution in [2.45, 2.75) is 18.2 Å². The summed E-state index contributed by atoms with van der Waals surface area (Å²) < 4.78 is 25.9. The molecular weight excluding hydrogens is 308 g/mol. The van der Waals surface area contributed by atoms with E-state index in [1.165, 1.54) is 6.07 Å². The van der Waals surface area contributed by atoms with Gasteiger partial charge in [-0.3, -0.25) is 10.1 Å². The van der Waals surface area contributed by atoms with Gasteiger partial charge in [-0.15, -0.1) is 0 Å². The number of nitro groups is 1. The van der Waals surface area contributed by atoms with Crippen molar-refractivity contribution in [1.82, 2.24) is 4.31 Å². The Bertz CT molecular complexity index is 590. The van der Waals surface area contributed by atoms with Crippen LogP contribution in [0.4, 0.5) is 5.69 Å². The van der Waals surface area contributed by atoms with Crippen LogP contribution in [0.15, 0.2) is 23.1 Å². The fourth-order valence-electron chi connectivity index (χ4n) is 1.64. The Morgan fingerprint density at radius 2 is 2.10 bits per heavy atom. The Labute approximate surface area is 122 Å². The van der Waals surface area contributed by atoms with Crippen molar-refractivity contribution >= 4 is 27.3 Å². The normalized spacial score (nSPS) is 11.8. The quantitative estimate of drug-likeness (QED) is 0.607. The fraction of sp³-hybridized carbons (Fsp3) is 0.455. The second-order valence-electron chi connectivity index (χ2n) is 3.95. The largest absolute Gasteiger partial charge is 0.396 e. The first kappa shape index (κ1) is 16.8. The van der Waals surface area contributed by atoms with Crippen LogP contribution in [0.5, 0.6) is 0 Å². The van der Waals surface area contributed by atoms with Gasteiger partial charge in [0.15, 0.2) is 0 Å². The highest BCUT2D eigenvalue weighted by Gasteiger charge is 2.27. The smallest absolute Gasteiger partial charge is 0.270 e. The van der Waals surface area contributed by atoms with Crippen LogP contribution in [0.25, 0.3) is 0 Å². The second kappa shape index (κ2) is 6.98. The Hall–Kier alpha value is -1.22. The molecule has 0 aliphatic rings. The third-order valence-electron chi connectivity index (χ3n) is 2.66. The fourth-order valence-corrected chi connectivity index (χ4v) is 3.62. The monoisotopic (exact) mass is 322 g/mol. The van der Waals surface area contributed by atoms with Crippen molar-refractivity contribution < 1.29 is 18.4 Å². The molecule has 0 unspecified atom stereocenters. The van der Waals surface area contributed by atoms with Gasteiger partial charge in [0, 0.05) is 31.8 Å². The Morgan fingerprint density at radius 1 is 1.45 bits per heavy atom. The van der Waals surface area contributed by atoms with Crippen LogP contribution in [-0.2, 0) is 10.0 Å². The van der Waals surface area contributed by atoms with Crippen LogP contribution in [-0.4, -0.2) is 42.4 Å². The average molecular weight is 323 g/mol. The van der Waals surface area contributed by atoms with E-state index in [1.54, 1.807) is 6.92 Å². The van der Waals surface area contributed by atoms with Crippen molar-refractivity contribution in [3.8, 4) is 0 Å². The van der Waals surface area contributed by atoms with E-state index < -0.39 is 14.9 Å². The van der Waals surface area contributed by atoms with Crippen molar-refractivity contribution in [3.05, 3.63) is 33.3 Å². The molecule has 0 saturated heterocycles. The van der Waals surface area contributed by atoms with Gasteiger partial charge in [0.05, 0.1) is 9.95 Å². The van der Waals surface area contributed by atoms with Gasteiger partial charge in [-0.2, -0.15) is 4.31 Å². The minimum absolute atomic E-state index is 0.0713. The summed E-state index contributed by atoms with van der Waals surface area (Å²) in [4.78, 5) is 9.74. The molecule has 0 amide bonds. The zero-order chi connectivity index (χ0) is 15.3. The van der Waals surface area contributed by atoms with Crippen molar-refractivity contribution in [2.75, 3.05) is 19.7 Å². The molecule has 0 bridgehead atoms. The van der Waals surface area contributed by atoms with Crippen LogP contribution in [0.3, 0.4) is 0 Å². The van der Waals surface area contributed by atoms with Gasteiger partial charge in [0.2, 0.25) is 10.0 Å². The zero-order valence-corrected chi connectivity index (χ0v) is 12.4. The molecule has 0 atom stereocenters. The van der Waals surface area contributed by atoms with E-state index in [9.17, 15) is 18.5 Å². The average Bonchev–Trinajstić information content (AvgIpc) is 2.39. The van der Waals surface area contributed by atoms with Crippen LogP contribution >= 0.6 is 11.6 Å². The van der Waals surface area contributed by atoms with Gasteiger partial charge < -0.3 is 5.11 Å². The molecule has 0 saturated carbocycles. The number of benzene rings is 1. The van der Waals surface area contributed by atoms with E-state index in [0.29, 0.717) is 0 Å². The highest BCUT2D eigenvalue weighted by Crippen LogP contribution is 2.28. The highest BCUT2D eigenvalue weighted by atomic mass is 35.5. The lowest BCUT2D eigenvalue weighted by atomic mass is 10.3. The molecule has 112 valence electrons. The summed E-state index contributed by atoms with van der Waals surface area (Å²) in [5.74, 6) is 0. The van der Waals surface area contributed by atoms with Gasteiger partial charge in [-0.05, 0) is 12.5 Å². The van der Waals surface area contributed by atoms with Crippen LogP contribution in [0.2, 0.25) is 5.02 Å². The molecule has 0 fully saturated rings. The molecule has 1 aromatic carbocycles. The maximum absolute atomic E-state index is 12.4. The molecule has 0 aliphatic heterocycles. The van der Waals surface area contributed by atoms with Crippen LogP contribution in [0.1, 0.15) is 13.3 Å². The van der Waals surface area contributed by atoms with Gasteiger partial charge in [-0.1, -0.05) is 18.5 Å². The topological polar surface area (TPSA) is 101 Å². The SMILES string of the molecule is CCN(CCCO)S(=O)(=O)c1cc([N+](=O)[O-])ccc1Cl. The van der Waals surface area contributed by atoms with Gasteiger partial charge in [0.1, 0.15) is 4.90 Å². The summed E-state index contributed by atoms with van der Waals surface area (Å²) >= 11 is 5.84. The van der Waals surface area contributed by atoms with E-state index >= 15 is 0 Å². The number of non-ortho nitro benzene ring substituents is 1. The number of halogens is 1. The lowest BCUT2D eigenvalue weighted by molar-refractivity contribution is -0.385. The molecule has 1 aromatic rings. The molecule has 0 aromatic heterocycles. The van der Waals surface area contributed by atoms with Gasteiger partial charge >= 0.3 is 0 Å². The first-order chi connectivity index (χ1) is 9.34. The number of hydrogen-bond acceptors (Lipinski definition) is 5. The molecule has 0 aliphatic carbocycles. The first-order valence-electron chi connectivity index (χ1n) is 5.89. The van der Waals surface area contributed by atoms with Crippen LogP contribution < -0.4 is 0 Å². The third kappa shape index (κ3) is 3.66. The number of aliphatic hydroxyl groups excluding tert-OH is 1. The minimum Gasteiger partial charge on any atom is -0.396 e. The molecule has 20 heavy (non-hydrogen) atoms. The van der Waals surface area contributed by atoms with E-state index in [-0.39, 0.29) is 41.7 Å². The predicted molar refractivity (Wildman–Crippen MR) is 74.2 cm³/mol. The zero-order valence-electron chi connectivity index (χ0n) is 10.8. The van der Waals surface area contributed by atoms with Crippen molar-refractivity contribution in [3.63, 3.8) is 0 Å². The van der Waals surface area contributed by atoms with Crippen molar-refractivity contribution in [2.24, 2.45) is 0 Å². The second-order valence-corrected chi connectivity index (χ2v) is 6.26. The third-order valence-corrected chi connectivity index (χ3v) is 5.12. The lowest BCUT2D eigenvalue weighted by Crippen LogP contribution is -2.32. The number of rotatable bonds is 7. The molecule has 1 N–H and O–H groups in total. The van der Waals surface area contributed by atoms with Crippen LogP contribution in [0, 0.1) is 10.1 Å². The number of nitrogens with zero attached hydrogens (tertiary/aromatic N) is 2. The van der Waals surface area contributed by atoms with E-state index in [0.717, 1.165) is 16.4 Å². The lowest BCUT2D eigenvalue weighted by Gasteiger charge is -2.20. The van der Waals surface area contributed by atoms with Crippen molar-refractivity contribution in [1.29, 1.82) is 0 Å². The first-order valence-corrected chi connectivity index (χ1v) is 7.71. The summed E-state index contributed by atoms with van der Waals surface area (Å²) in [6.07, 6.45) is 0.277. The number of hydrogen-bond donors (Lipinski definition) is 1. The molecule has 0 heterocycles. The highest BCUT2D eigenvalue weighted by molar-refractivity contribution is 7.89. The Kier molecular flexibility index (Phi) is 5.88. The molecule has 9 heteroatoms. The maximum Gasteiger partial charge on any atom is 0.270 e. The summed E-state index contributed by atoms with van der Waals surface area (Å²) in [6.45, 7) is 1.80. The maximum atomic E-state index is 12.4. The number of nitro benzene ring substituents is 1.